The zero-order valence-corrected chi connectivity index (χ0v) is 19.5. The van der Waals surface area contributed by atoms with E-state index >= 15 is 0 Å². The molecule has 1 aliphatic heterocycles. The molecule has 0 atom stereocenters. The van der Waals surface area contributed by atoms with Gasteiger partial charge in [-0.1, -0.05) is 22.0 Å². The van der Waals surface area contributed by atoms with Crippen LogP contribution in [0.4, 0.5) is 27.6 Å². The maximum Gasteiger partial charge on any atom is 0.416 e. The number of hydrogen-bond acceptors (Lipinski definition) is 6. The van der Waals surface area contributed by atoms with Gasteiger partial charge in [-0.25, -0.2) is 18.4 Å². The van der Waals surface area contributed by atoms with Crippen molar-refractivity contribution in [2.45, 2.75) is 6.18 Å². The molecule has 0 amide bonds. The first-order valence-corrected chi connectivity index (χ1v) is 10.3. The molecular weight excluding hydrogens is 545 g/mol. The Morgan fingerprint density at radius 1 is 0.914 bits per heavy atom. The molecule has 6 nitrogen and oxygen atoms in total. The van der Waals surface area contributed by atoms with Crippen LogP contribution < -0.4 is 9.64 Å². The van der Waals surface area contributed by atoms with Gasteiger partial charge in [-0.15, -0.1) is 0 Å². The standard InChI is InChI=1S/C23H15BrF5NO5/c1-33-21(31)16-5-3-4-6-30(19(16)22(32)34-2)14-9-13(24)10-15(11-14)35-20-17(25)7-12(8-18(20)26)23(27,28)29/h3-11H,1-2H3. The highest BCUT2D eigenvalue weighted by Crippen LogP contribution is 2.38. The third-order valence-corrected chi connectivity index (χ3v) is 5.03. The lowest BCUT2D eigenvalue weighted by Gasteiger charge is -2.24. The number of halogens is 6. The van der Waals surface area contributed by atoms with E-state index < -0.39 is 41.1 Å². The lowest BCUT2D eigenvalue weighted by molar-refractivity contribution is -0.139. The van der Waals surface area contributed by atoms with Crippen LogP contribution >= 0.6 is 15.9 Å². The maximum absolute atomic E-state index is 14.3. The molecular formula is C23H15BrF5NO5. The summed E-state index contributed by atoms with van der Waals surface area (Å²) in [5, 5.41) is 0. The number of ether oxygens (including phenoxy) is 3. The molecule has 0 fully saturated rings. The Bertz CT molecular complexity index is 1250. The summed E-state index contributed by atoms with van der Waals surface area (Å²) in [5.74, 6) is -6.13. The van der Waals surface area contributed by atoms with Gasteiger partial charge in [-0.2, -0.15) is 13.2 Å². The maximum atomic E-state index is 14.3. The van der Waals surface area contributed by atoms with E-state index in [-0.39, 0.29) is 34.8 Å². The van der Waals surface area contributed by atoms with Gasteiger partial charge in [0.2, 0.25) is 0 Å². The monoisotopic (exact) mass is 559 g/mol. The molecule has 0 N–H and O–H groups in total. The van der Waals surface area contributed by atoms with Crippen LogP contribution in [0.2, 0.25) is 0 Å². The summed E-state index contributed by atoms with van der Waals surface area (Å²) in [6, 6.07) is 4.25. The number of alkyl halides is 3. The van der Waals surface area contributed by atoms with Crippen molar-refractivity contribution in [1.82, 2.24) is 0 Å². The molecule has 3 rings (SSSR count). The Morgan fingerprint density at radius 2 is 1.54 bits per heavy atom. The predicted octanol–water partition coefficient (Wildman–Crippen LogP) is 6.03. The largest absolute Gasteiger partial charge is 0.465 e. The van der Waals surface area contributed by atoms with Crippen molar-refractivity contribution in [1.29, 1.82) is 0 Å². The number of carbonyl (C=O) groups excluding carboxylic acids is 2. The molecule has 0 saturated carbocycles. The molecule has 1 aliphatic rings. The second-order valence-corrected chi connectivity index (χ2v) is 7.75. The van der Waals surface area contributed by atoms with E-state index in [1.807, 2.05) is 0 Å². The first-order chi connectivity index (χ1) is 16.5. The van der Waals surface area contributed by atoms with Crippen LogP contribution in [0.25, 0.3) is 0 Å². The van der Waals surface area contributed by atoms with Gasteiger partial charge in [0.05, 0.1) is 31.0 Å². The molecule has 0 spiro atoms. The van der Waals surface area contributed by atoms with Gasteiger partial charge in [0.15, 0.2) is 17.4 Å². The van der Waals surface area contributed by atoms with Crippen LogP contribution in [-0.4, -0.2) is 26.2 Å². The Hall–Kier alpha value is -3.67. The van der Waals surface area contributed by atoms with Crippen molar-refractivity contribution in [2.75, 3.05) is 19.1 Å². The number of allylic oxidation sites excluding steroid dienone is 2. The summed E-state index contributed by atoms with van der Waals surface area (Å²) in [6.07, 6.45) is 0.748. The number of rotatable bonds is 5. The Balaban J connectivity index is 2.10. The summed E-state index contributed by atoms with van der Waals surface area (Å²) >= 11 is 3.21. The van der Waals surface area contributed by atoms with Crippen molar-refractivity contribution in [3.63, 3.8) is 0 Å². The predicted molar refractivity (Wildman–Crippen MR) is 117 cm³/mol. The van der Waals surface area contributed by atoms with Crippen LogP contribution in [-0.2, 0) is 25.2 Å². The van der Waals surface area contributed by atoms with Crippen molar-refractivity contribution in [3.05, 3.63) is 87.7 Å². The number of hydrogen-bond donors (Lipinski definition) is 0. The number of benzene rings is 2. The van der Waals surface area contributed by atoms with Crippen LogP contribution in [0.1, 0.15) is 5.56 Å². The van der Waals surface area contributed by atoms with Crippen LogP contribution in [0.15, 0.2) is 70.5 Å². The van der Waals surface area contributed by atoms with Gasteiger partial charge in [0.1, 0.15) is 11.4 Å². The fourth-order valence-corrected chi connectivity index (χ4v) is 3.51. The number of carbonyl (C=O) groups is 2. The summed E-state index contributed by atoms with van der Waals surface area (Å²) in [6.45, 7) is 0. The number of nitrogens with zero attached hydrogens (tertiary/aromatic N) is 1. The molecule has 12 heteroatoms. The van der Waals surface area contributed by atoms with Crippen molar-refractivity contribution in [2.24, 2.45) is 0 Å². The van der Waals surface area contributed by atoms with Gasteiger partial charge in [-0.05, 0) is 36.4 Å². The Kier molecular flexibility index (Phi) is 7.64. The summed E-state index contributed by atoms with van der Waals surface area (Å²) in [5.41, 5.74) is -1.73. The lowest BCUT2D eigenvalue weighted by atomic mass is 10.1. The Labute approximate surface area is 204 Å². The molecule has 0 bridgehead atoms. The van der Waals surface area contributed by atoms with Gasteiger partial charge >= 0.3 is 18.1 Å². The van der Waals surface area contributed by atoms with Gasteiger partial charge in [0.25, 0.3) is 0 Å². The minimum atomic E-state index is -4.95. The van der Waals surface area contributed by atoms with E-state index in [1.165, 1.54) is 47.5 Å². The number of esters is 2. The van der Waals surface area contributed by atoms with E-state index in [1.54, 1.807) is 0 Å². The number of methoxy groups -OCH3 is 2. The van der Waals surface area contributed by atoms with Crippen LogP contribution in [0.5, 0.6) is 11.5 Å². The fraction of sp³-hybridized carbons (Fsp3) is 0.130. The highest BCUT2D eigenvalue weighted by atomic mass is 79.9. The SMILES string of the molecule is COC(=O)C1=C(C(=O)OC)N(c2cc(Br)cc(Oc3c(F)cc(C(F)(F)F)cc3F)c2)C=CC=C1. The van der Waals surface area contributed by atoms with Gasteiger partial charge in [0, 0.05) is 16.7 Å². The average Bonchev–Trinajstić information content (AvgIpc) is 3.02. The van der Waals surface area contributed by atoms with Crippen LogP contribution in [0, 0.1) is 11.6 Å². The average molecular weight is 560 g/mol. The quantitative estimate of drug-likeness (QED) is 0.329. The zero-order valence-electron chi connectivity index (χ0n) is 18.0. The molecule has 2 aromatic carbocycles. The highest BCUT2D eigenvalue weighted by Gasteiger charge is 2.33. The first kappa shape index (κ1) is 25.9. The molecule has 1 heterocycles. The molecule has 0 aromatic heterocycles. The second kappa shape index (κ2) is 10.3. The second-order valence-electron chi connectivity index (χ2n) is 6.83. The topological polar surface area (TPSA) is 65.1 Å². The van der Waals surface area contributed by atoms with Crippen molar-refractivity contribution in [3.8, 4) is 11.5 Å². The van der Waals surface area contributed by atoms with E-state index in [0.717, 1.165) is 14.2 Å². The third kappa shape index (κ3) is 5.70. The molecule has 0 aliphatic carbocycles. The molecule has 2 aromatic rings. The summed E-state index contributed by atoms with van der Waals surface area (Å²) in [4.78, 5) is 26.1. The molecule has 0 saturated heterocycles. The fourth-order valence-electron chi connectivity index (χ4n) is 3.05. The lowest BCUT2D eigenvalue weighted by Crippen LogP contribution is -2.27. The van der Waals surface area contributed by atoms with Gasteiger partial charge in [-0.3, -0.25) is 0 Å². The third-order valence-electron chi connectivity index (χ3n) is 4.57. The molecule has 0 radical (unpaired) electrons. The summed E-state index contributed by atoms with van der Waals surface area (Å²) in [7, 11) is 2.23. The molecule has 184 valence electrons. The van der Waals surface area contributed by atoms with E-state index in [4.69, 9.17) is 14.2 Å². The Morgan fingerprint density at radius 3 is 2.11 bits per heavy atom. The van der Waals surface area contributed by atoms with E-state index in [0.29, 0.717) is 4.47 Å². The number of anilines is 1. The molecule has 0 unspecified atom stereocenters. The van der Waals surface area contributed by atoms with Crippen molar-refractivity contribution >= 4 is 33.6 Å². The minimum Gasteiger partial charge on any atom is -0.465 e. The summed E-state index contributed by atoms with van der Waals surface area (Å²) < 4.78 is 82.2. The smallest absolute Gasteiger partial charge is 0.416 e. The first-order valence-electron chi connectivity index (χ1n) is 9.56. The van der Waals surface area contributed by atoms with Crippen LogP contribution in [0.3, 0.4) is 0 Å². The normalized spacial score (nSPS) is 13.5. The van der Waals surface area contributed by atoms with Crippen molar-refractivity contribution < 1.29 is 45.8 Å². The molecule has 35 heavy (non-hydrogen) atoms. The van der Waals surface area contributed by atoms with Gasteiger partial charge < -0.3 is 19.1 Å². The minimum absolute atomic E-state index is 0.112. The highest BCUT2D eigenvalue weighted by molar-refractivity contribution is 9.10. The zero-order chi connectivity index (χ0) is 25.9. The van der Waals surface area contributed by atoms with E-state index in [2.05, 4.69) is 15.9 Å². The van der Waals surface area contributed by atoms with E-state index in [9.17, 15) is 31.5 Å².